The van der Waals surface area contributed by atoms with Crippen LogP contribution in [0.15, 0.2) is 12.2 Å². The van der Waals surface area contributed by atoms with Gasteiger partial charge in [-0.05, 0) is 13.3 Å². The number of carbonyl (C=O) groups is 3. The van der Waals surface area contributed by atoms with E-state index in [-0.39, 0.29) is 12.8 Å². The number of carboxylic acids is 2. The molecule has 7 heteroatoms. The molecular weight excluding hydrogens is 228 g/mol. The van der Waals surface area contributed by atoms with E-state index in [2.05, 4.69) is 5.32 Å². The zero-order valence-corrected chi connectivity index (χ0v) is 9.42. The van der Waals surface area contributed by atoms with E-state index in [1.165, 1.54) is 19.1 Å². The van der Waals surface area contributed by atoms with Crippen molar-refractivity contribution in [3.8, 4) is 0 Å². The van der Waals surface area contributed by atoms with Gasteiger partial charge in [-0.1, -0.05) is 12.2 Å². The van der Waals surface area contributed by atoms with E-state index in [0.29, 0.717) is 0 Å². The van der Waals surface area contributed by atoms with Crippen molar-refractivity contribution in [2.45, 2.75) is 31.8 Å². The molecule has 96 valence electrons. The third-order valence-corrected chi connectivity index (χ3v) is 1.83. The van der Waals surface area contributed by atoms with Crippen LogP contribution in [0, 0.1) is 0 Å². The van der Waals surface area contributed by atoms with Crippen molar-refractivity contribution < 1.29 is 24.6 Å². The molecule has 7 nitrogen and oxygen atoms in total. The van der Waals surface area contributed by atoms with Crippen LogP contribution < -0.4 is 11.1 Å². The first-order valence-electron chi connectivity index (χ1n) is 5.01. The molecule has 0 aromatic carbocycles. The lowest BCUT2D eigenvalue weighted by Gasteiger charge is -2.12. The maximum absolute atomic E-state index is 11.2. The number of amides is 1. The minimum absolute atomic E-state index is 0.0932. The van der Waals surface area contributed by atoms with Gasteiger partial charge in [-0.3, -0.25) is 9.59 Å². The van der Waals surface area contributed by atoms with E-state index >= 15 is 0 Å². The lowest BCUT2D eigenvalue weighted by atomic mass is 10.2. The summed E-state index contributed by atoms with van der Waals surface area (Å²) < 4.78 is 0. The molecule has 0 spiro atoms. The zero-order valence-electron chi connectivity index (χ0n) is 9.42. The highest BCUT2D eigenvalue weighted by Crippen LogP contribution is 1.95. The molecule has 1 unspecified atom stereocenters. The van der Waals surface area contributed by atoms with Gasteiger partial charge < -0.3 is 21.3 Å². The van der Waals surface area contributed by atoms with E-state index in [9.17, 15) is 14.4 Å². The Labute approximate surface area is 98.3 Å². The zero-order chi connectivity index (χ0) is 13.4. The molecule has 0 aliphatic carbocycles. The SMILES string of the molecule is C[C@H](N)C(=O)NC(C=CCCC(=O)O)C(=O)O. The molecule has 0 saturated heterocycles. The Morgan fingerprint density at radius 2 is 1.94 bits per heavy atom. The Morgan fingerprint density at radius 1 is 1.35 bits per heavy atom. The molecule has 2 atom stereocenters. The van der Waals surface area contributed by atoms with E-state index in [1.54, 1.807) is 0 Å². The summed E-state index contributed by atoms with van der Waals surface area (Å²) in [7, 11) is 0. The molecular formula is C10H16N2O5. The number of carbonyl (C=O) groups excluding carboxylic acids is 1. The highest BCUT2D eigenvalue weighted by molar-refractivity contribution is 5.87. The number of nitrogens with one attached hydrogen (secondary N) is 1. The van der Waals surface area contributed by atoms with E-state index in [4.69, 9.17) is 15.9 Å². The van der Waals surface area contributed by atoms with Crippen molar-refractivity contribution in [1.29, 1.82) is 0 Å². The molecule has 0 fully saturated rings. The van der Waals surface area contributed by atoms with E-state index in [0.717, 1.165) is 0 Å². The summed E-state index contributed by atoms with van der Waals surface area (Å²) in [6, 6.07) is -1.99. The molecule has 0 aliphatic rings. The summed E-state index contributed by atoms with van der Waals surface area (Å²) in [5.41, 5.74) is 5.27. The molecule has 0 aliphatic heterocycles. The van der Waals surface area contributed by atoms with Crippen LogP contribution in [0.1, 0.15) is 19.8 Å². The standard InChI is InChI=1S/C10H16N2O5/c1-6(11)9(15)12-7(10(16)17)4-2-3-5-8(13)14/h2,4,6-7H,3,5,11H2,1H3,(H,12,15)(H,13,14)(H,16,17)/t6-,7?/m0/s1. The summed E-state index contributed by atoms with van der Waals surface area (Å²) in [4.78, 5) is 32.1. The van der Waals surface area contributed by atoms with Crippen molar-refractivity contribution >= 4 is 17.8 Å². The smallest absolute Gasteiger partial charge is 0.330 e. The number of allylic oxidation sites excluding steroid dienone is 1. The van der Waals surface area contributed by atoms with E-state index < -0.39 is 29.9 Å². The van der Waals surface area contributed by atoms with Gasteiger partial charge in [-0.25, -0.2) is 4.79 Å². The number of nitrogens with two attached hydrogens (primary N) is 1. The number of carboxylic acid groups (broad SMARTS) is 2. The summed E-state index contributed by atoms with van der Waals surface area (Å²) in [5.74, 6) is -2.79. The third-order valence-electron chi connectivity index (χ3n) is 1.83. The van der Waals surface area contributed by atoms with Crippen molar-refractivity contribution in [2.75, 3.05) is 0 Å². The van der Waals surface area contributed by atoms with Gasteiger partial charge in [-0.15, -0.1) is 0 Å². The van der Waals surface area contributed by atoms with Gasteiger partial charge in [0.1, 0.15) is 6.04 Å². The molecule has 0 radical (unpaired) electrons. The minimum Gasteiger partial charge on any atom is -0.481 e. The highest BCUT2D eigenvalue weighted by atomic mass is 16.4. The number of rotatable bonds is 7. The average molecular weight is 244 g/mol. The van der Waals surface area contributed by atoms with Crippen LogP contribution in [0.3, 0.4) is 0 Å². The topological polar surface area (TPSA) is 130 Å². The van der Waals surface area contributed by atoms with Gasteiger partial charge in [0, 0.05) is 6.42 Å². The van der Waals surface area contributed by atoms with Crippen molar-refractivity contribution in [3.05, 3.63) is 12.2 Å². The van der Waals surface area contributed by atoms with E-state index in [1.807, 2.05) is 0 Å². The molecule has 0 bridgehead atoms. The maximum atomic E-state index is 11.2. The van der Waals surface area contributed by atoms with Crippen molar-refractivity contribution in [3.63, 3.8) is 0 Å². The van der Waals surface area contributed by atoms with Gasteiger partial charge in [0.25, 0.3) is 0 Å². The fourth-order valence-corrected chi connectivity index (χ4v) is 0.916. The van der Waals surface area contributed by atoms with Crippen molar-refractivity contribution in [2.24, 2.45) is 5.73 Å². The summed E-state index contributed by atoms with van der Waals surface area (Å²) in [5, 5.41) is 19.4. The molecule has 0 aromatic heterocycles. The van der Waals surface area contributed by atoms with Crippen LogP contribution in [0.25, 0.3) is 0 Å². The van der Waals surface area contributed by atoms with Gasteiger partial charge >= 0.3 is 11.9 Å². The quantitative estimate of drug-likeness (QED) is 0.439. The van der Waals surface area contributed by atoms with Crippen LogP contribution in [-0.2, 0) is 14.4 Å². The van der Waals surface area contributed by atoms with Crippen LogP contribution in [-0.4, -0.2) is 40.1 Å². The van der Waals surface area contributed by atoms with Crippen LogP contribution >= 0.6 is 0 Å². The number of hydrogen-bond acceptors (Lipinski definition) is 4. The predicted octanol–water partition coefficient (Wildman–Crippen LogP) is -0.676. The normalized spacial score (nSPS) is 14.2. The number of hydrogen-bond donors (Lipinski definition) is 4. The van der Waals surface area contributed by atoms with Gasteiger partial charge in [0.2, 0.25) is 5.91 Å². The van der Waals surface area contributed by atoms with Crippen LogP contribution in [0.5, 0.6) is 0 Å². The maximum Gasteiger partial charge on any atom is 0.330 e. The van der Waals surface area contributed by atoms with Crippen molar-refractivity contribution in [1.82, 2.24) is 5.32 Å². The Morgan fingerprint density at radius 3 is 2.35 bits per heavy atom. The average Bonchev–Trinajstić information content (AvgIpc) is 2.21. The summed E-state index contributed by atoms with van der Waals surface area (Å²) in [6.07, 6.45) is 2.73. The van der Waals surface area contributed by atoms with Crippen LogP contribution in [0.2, 0.25) is 0 Å². The molecule has 17 heavy (non-hydrogen) atoms. The van der Waals surface area contributed by atoms with Gasteiger partial charge in [0.05, 0.1) is 6.04 Å². The molecule has 0 aromatic rings. The first-order chi connectivity index (χ1) is 7.84. The minimum atomic E-state index is -1.23. The molecule has 5 N–H and O–H groups in total. The fourth-order valence-electron chi connectivity index (χ4n) is 0.916. The first-order valence-corrected chi connectivity index (χ1v) is 5.01. The Bertz CT molecular complexity index is 325. The second-order valence-corrected chi connectivity index (χ2v) is 3.47. The summed E-state index contributed by atoms with van der Waals surface area (Å²) >= 11 is 0. The molecule has 0 heterocycles. The second-order valence-electron chi connectivity index (χ2n) is 3.47. The lowest BCUT2D eigenvalue weighted by Crippen LogP contribution is -2.46. The monoisotopic (exact) mass is 244 g/mol. The second kappa shape index (κ2) is 7.39. The molecule has 1 amide bonds. The third kappa shape index (κ3) is 7.07. The predicted molar refractivity (Wildman–Crippen MR) is 59.2 cm³/mol. The van der Waals surface area contributed by atoms with Gasteiger partial charge in [0.15, 0.2) is 0 Å². The summed E-state index contributed by atoms with van der Waals surface area (Å²) in [6.45, 7) is 1.43. The number of aliphatic carboxylic acids is 2. The molecule has 0 saturated carbocycles. The Hall–Kier alpha value is -1.89. The lowest BCUT2D eigenvalue weighted by molar-refractivity contribution is -0.140. The Kier molecular flexibility index (Phi) is 6.57. The largest absolute Gasteiger partial charge is 0.481 e. The fraction of sp³-hybridized carbons (Fsp3) is 0.500. The highest BCUT2D eigenvalue weighted by Gasteiger charge is 2.18. The Balaban J connectivity index is 4.30. The van der Waals surface area contributed by atoms with Crippen LogP contribution in [0.4, 0.5) is 0 Å². The first kappa shape index (κ1) is 15.1. The molecule has 0 rings (SSSR count). The van der Waals surface area contributed by atoms with Gasteiger partial charge in [-0.2, -0.15) is 0 Å².